The smallest absolute Gasteiger partial charge is 0.266 e. The summed E-state index contributed by atoms with van der Waals surface area (Å²) < 4.78 is 1.58. The second-order valence-corrected chi connectivity index (χ2v) is 8.27. The van der Waals surface area contributed by atoms with E-state index in [1.807, 2.05) is 12.1 Å². The number of nitrogens with zero attached hydrogens (tertiary/aromatic N) is 6. The highest BCUT2D eigenvalue weighted by atomic mass is 16.1. The number of rotatable bonds is 4. The summed E-state index contributed by atoms with van der Waals surface area (Å²) in [7, 11) is 0. The maximum absolute atomic E-state index is 12.3. The molecule has 1 aliphatic heterocycles. The number of hydrogen-bond acceptors (Lipinski definition) is 6. The molecule has 5 rings (SSSR count). The van der Waals surface area contributed by atoms with Crippen LogP contribution in [0.15, 0.2) is 47.5 Å². The van der Waals surface area contributed by atoms with Gasteiger partial charge in [-0.2, -0.15) is 10.2 Å². The normalized spacial score (nSPS) is 18.9. The number of pyridine rings is 1. The first-order valence-corrected chi connectivity index (χ1v) is 10.2. The van der Waals surface area contributed by atoms with Gasteiger partial charge in [-0.25, -0.2) is 4.68 Å². The molecule has 1 saturated heterocycles. The average Bonchev–Trinajstić information content (AvgIpc) is 2.71. The molecule has 148 valence electrons. The summed E-state index contributed by atoms with van der Waals surface area (Å²) in [6, 6.07) is 9.37. The van der Waals surface area contributed by atoms with Gasteiger partial charge in [0.15, 0.2) is 5.82 Å². The van der Waals surface area contributed by atoms with Gasteiger partial charge < -0.3 is 4.90 Å². The van der Waals surface area contributed by atoms with Gasteiger partial charge in [0.25, 0.3) is 5.56 Å². The zero-order chi connectivity index (χ0) is 19.8. The van der Waals surface area contributed by atoms with E-state index in [0.717, 1.165) is 48.7 Å². The molecule has 0 saturated carbocycles. The maximum Gasteiger partial charge on any atom is 0.266 e. The predicted octanol–water partition coefficient (Wildman–Crippen LogP) is 2.36. The monoisotopic (exact) mass is 388 g/mol. The molecule has 0 spiro atoms. The first-order valence-electron chi connectivity index (χ1n) is 10.2. The standard InChI is InChI=1S/C22H24N6O/c1-15-2-3-19-18(10-15)11-21(25-24-19)27-12-16(13-27)14-28-22(29)5-4-20(26-28)17-6-8-23-9-7-17/h4-9,11,15-16H,2-3,10,12-14H2,1H3. The van der Waals surface area contributed by atoms with E-state index in [1.54, 1.807) is 29.2 Å². The molecule has 3 aromatic heterocycles. The molecule has 0 N–H and O–H groups in total. The van der Waals surface area contributed by atoms with Gasteiger partial charge in [-0.15, -0.1) is 5.10 Å². The molecule has 0 amide bonds. The third-order valence-electron chi connectivity index (χ3n) is 5.94. The summed E-state index contributed by atoms with van der Waals surface area (Å²) >= 11 is 0. The molecule has 1 fully saturated rings. The van der Waals surface area contributed by atoms with Gasteiger partial charge in [-0.05, 0) is 55.0 Å². The lowest BCUT2D eigenvalue weighted by Crippen LogP contribution is -2.50. The highest BCUT2D eigenvalue weighted by Gasteiger charge is 2.30. The fourth-order valence-electron chi connectivity index (χ4n) is 4.22. The molecule has 7 heteroatoms. The van der Waals surface area contributed by atoms with Gasteiger partial charge >= 0.3 is 0 Å². The third-order valence-corrected chi connectivity index (χ3v) is 5.94. The Hall–Kier alpha value is -3.09. The molecule has 0 bridgehead atoms. The number of aryl methyl sites for hydroxylation is 1. The second-order valence-electron chi connectivity index (χ2n) is 8.27. The fraction of sp³-hybridized carbons (Fsp3) is 0.409. The summed E-state index contributed by atoms with van der Waals surface area (Å²) in [5, 5.41) is 13.5. The molecule has 1 atom stereocenters. The van der Waals surface area contributed by atoms with Crippen LogP contribution in [0.4, 0.5) is 5.82 Å². The summed E-state index contributed by atoms with van der Waals surface area (Å²) in [6.45, 7) is 4.66. The van der Waals surface area contributed by atoms with Gasteiger partial charge in [0, 0.05) is 43.0 Å². The first-order chi connectivity index (χ1) is 14.2. The summed E-state index contributed by atoms with van der Waals surface area (Å²) in [5.41, 5.74) is 4.19. The Balaban J connectivity index is 1.27. The summed E-state index contributed by atoms with van der Waals surface area (Å²) in [4.78, 5) is 18.6. The fourth-order valence-corrected chi connectivity index (χ4v) is 4.22. The SMILES string of the molecule is CC1CCc2nnc(N3CC(Cn4nc(-c5ccncc5)ccc4=O)C3)cc2C1. The van der Waals surface area contributed by atoms with Crippen molar-refractivity contribution >= 4 is 5.82 Å². The minimum Gasteiger partial charge on any atom is -0.354 e. The van der Waals surface area contributed by atoms with E-state index in [0.29, 0.717) is 18.4 Å². The lowest BCUT2D eigenvalue weighted by molar-refractivity contribution is 0.332. The minimum absolute atomic E-state index is 0.0659. The van der Waals surface area contributed by atoms with Crippen molar-refractivity contribution in [2.24, 2.45) is 11.8 Å². The van der Waals surface area contributed by atoms with Crippen molar-refractivity contribution in [3.05, 3.63) is 64.3 Å². The Bertz CT molecular complexity index is 1070. The Morgan fingerprint density at radius 1 is 1.10 bits per heavy atom. The Kier molecular flexibility index (Phi) is 4.58. The first kappa shape index (κ1) is 18.0. The van der Waals surface area contributed by atoms with Crippen LogP contribution in [0.5, 0.6) is 0 Å². The van der Waals surface area contributed by atoms with Crippen LogP contribution >= 0.6 is 0 Å². The highest BCUT2D eigenvalue weighted by molar-refractivity contribution is 5.57. The van der Waals surface area contributed by atoms with Crippen LogP contribution in [0.2, 0.25) is 0 Å². The Morgan fingerprint density at radius 2 is 1.93 bits per heavy atom. The molecule has 29 heavy (non-hydrogen) atoms. The molecular weight excluding hydrogens is 364 g/mol. The zero-order valence-corrected chi connectivity index (χ0v) is 16.5. The number of anilines is 1. The average molecular weight is 388 g/mol. The van der Waals surface area contributed by atoms with Crippen LogP contribution in [-0.2, 0) is 19.4 Å². The van der Waals surface area contributed by atoms with E-state index >= 15 is 0 Å². The van der Waals surface area contributed by atoms with Crippen molar-refractivity contribution in [1.82, 2.24) is 25.0 Å². The topological polar surface area (TPSA) is 76.8 Å². The summed E-state index contributed by atoms with van der Waals surface area (Å²) in [5.74, 6) is 2.05. The van der Waals surface area contributed by atoms with Crippen LogP contribution in [0.25, 0.3) is 11.3 Å². The van der Waals surface area contributed by atoms with Gasteiger partial charge in [0.1, 0.15) is 0 Å². The van der Waals surface area contributed by atoms with Crippen molar-refractivity contribution in [2.45, 2.75) is 32.7 Å². The van der Waals surface area contributed by atoms with Gasteiger partial charge in [-0.3, -0.25) is 9.78 Å². The van der Waals surface area contributed by atoms with Gasteiger partial charge in [0.05, 0.1) is 17.9 Å². The quantitative estimate of drug-likeness (QED) is 0.683. The van der Waals surface area contributed by atoms with E-state index in [-0.39, 0.29) is 5.56 Å². The largest absolute Gasteiger partial charge is 0.354 e. The number of aromatic nitrogens is 5. The Labute approximate surface area is 169 Å². The molecule has 3 aromatic rings. The van der Waals surface area contributed by atoms with Gasteiger partial charge in [0.2, 0.25) is 0 Å². The maximum atomic E-state index is 12.3. The summed E-state index contributed by atoms with van der Waals surface area (Å²) in [6.07, 6.45) is 6.80. The van der Waals surface area contributed by atoms with Gasteiger partial charge in [-0.1, -0.05) is 6.92 Å². The van der Waals surface area contributed by atoms with Crippen molar-refractivity contribution < 1.29 is 0 Å². The molecule has 4 heterocycles. The zero-order valence-electron chi connectivity index (χ0n) is 16.5. The molecule has 2 aliphatic rings. The van der Waals surface area contributed by atoms with Crippen LogP contribution in [0.3, 0.4) is 0 Å². The molecule has 1 aliphatic carbocycles. The van der Waals surface area contributed by atoms with Crippen molar-refractivity contribution in [3.8, 4) is 11.3 Å². The molecular formula is C22H24N6O. The molecule has 0 radical (unpaired) electrons. The van der Waals surface area contributed by atoms with E-state index in [9.17, 15) is 4.79 Å². The molecule has 0 aromatic carbocycles. The molecule has 1 unspecified atom stereocenters. The highest BCUT2D eigenvalue weighted by Crippen LogP contribution is 2.29. The van der Waals surface area contributed by atoms with Crippen LogP contribution < -0.4 is 10.5 Å². The predicted molar refractivity (Wildman–Crippen MR) is 111 cm³/mol. The van der Waals surface area contributed by atoms with E-state index < -0.39 is 0 Å². The number of hydrogen-bond donors (Lipinski definition) is 0. The van der Waals surface area contributed by atoms with Crippen LogP contribution in [0, 0.1) is 11.8 Å². The van der Waals surface area contributed by atoms with E-state index in [1.165, 1.54) is 12.0 Å². The van der Waals surface area contributed by atoms with E-state index in [2.05, 4.69) is 38.2 Å². The Morgan fingerprint density at radius 3 is 2.76 bits per heavy atom. The van der Waals surface area contributed by atoms with Crippen LogP contribution in [0.1, 0.15) is 24.6 Å². The molecule has 7 nitrogen and oxygen atoms in total. The minimum atomic E-state index is -0.0659. The van der Waals surface area contributed by atoms with E-state index in [4.69, 9.17) is 0 Å². The second kappa shape index (κ2) is 7.39. The van der Waals surface area contributed by atoms with Crippen molar-refractivity contribution in [3.63, 3.8) is 0 Å². The lowest BCUT2D eigenvalue weighted by atomic mass is 9.88. The van der Waals surface area contributed by atoms with Crippen molar-refractivity contribution in [2.75, 3.05) is 18.0 Å². The lowest BCUT2D eigenvalue weighted by Gasteiger charge is -2.40. The van der Waals surface area contributed by atoms with Crippen LogP contribution in [-0.4, -0.2) is 38.1 Å². The number of fused-ring (bicyclic) bond motifs is 1. The third kappa shape index (κ3) is 3.64. The van der Waals surface area contributed by atoms with Crippen molar-refractivity contribution in [1.29, 1.82) is 0 Å².